The molecule has 1 rings (SSSR count). The molecule has 0 aliphatic heterocycles. The molecular formula is C10H11F2N3O5. The Morgan fingerprint density at radius 2 is 2.25 bits per heavy atom. The Hall–Kier alpha value is -2.36. The molecule has 1 aromatic rings. The number of alkyl halides is 2. The Bertz CT molecular complexity index is 512. The number of nitrogens with one attached hydrogen (secondary N) is 1. The summed E-state index contributed by atoms with van der Waals surface area (Å²) < 4.78 is 28.7. The summed E-state index contributed by atoms with van der Waals surface area (Å²) in [6.07, 6.45) is -5.02. The van der Waals surface area contributed by atoms with E-state index in [0.717, 1.165) is 19.2 Å². The number of carbonyl (C=O) groups excluding carboxylic acids is 1. The lowest BCUT2D eigenvalue weighted by molar-refractivity contribution is -0.384. The molecule has 0 bridgehead atoms. The molecule has 0 aromatic carbocycles. The van der Waals surface area contributed by atoms with Crippen LogP contribution in [0.1, 0.15) is 10.5 Å². The quantitative estimate of drug-likeness (QED) is 0.453. The van der Waals surface area contributed by atoms with Crippen LogP contribution in [0.3, 0.4) is 0 Å². The van der Waals surface area contributed by atoms with Crippen LogP contribution in [-0.2, 0) is 4.74 Å². The minimum absolute atomic E-state index is 0.230. The zero-order valence-electron chi connectivity index (χ0n) is 10.2. The van der Waals surface area contributed by atoms with Crippen molar-refractivity contribution >= 4 is 17.5 Å². The van der Waals surface area contributed by atoms with Gasteiger partial charge in [0.2, 0.25) is 5.82 Å². The van der Waals surface area contributed by atoms with Crippen molar-refractivity contribution in [3.63, 3.8) is 0 Å². The van der Waals surface area contributed by atoms with Gasteiger partial charge < -0.3 is 15.2 Å². The standard InChI is InChI=1S/C10H11F2N3O5/c1-20-10(17)5-2-3-6(15(18)19)9(14-5)13-4-7(16)8(11)12/h2-3,7-8,16H,4H2,1H3,(H,13,14). The van der Waals surface area contributed by atoms with Gasteiger partial charge in [-0.05, 0) is 6.07 Å². The first-order valence-electron chi connectivity index (χ1n) is 5.30. The first-order chi connectivity index (χ1) is 9.36. The van der Waals surface area contributed by atoms with Crippen molar-refractivity contribution in [3.8, 4) is 0 Å². The van der Waals surface area contributed by atoms with Crippen LogP contribution in [0, 0.1) is 10.1 Å². The van der Waals surface area contributed by atoms with E-state index in [1.54, 1.807) is 0 Å². The summed E-state index contributed by atoms with van der Waals surface area (Å²) in [6, 6.07) is 2.05. The highest BCUT2D eigenvalue weighted by Crippen LogP contribution is 2.22. The number of aliphatic hydroxyl groups excluding tert-OH is 1. The second-order valence-corrected chi connectivity index (χ2v) is 3.60. The fraction of sp³-hybridized carbons (Fsp3) is 0.400. The number of esters is 1. The molecule has 0 spiro atoms. The van der Waals surface area contributed by atoms with Crippen LogP contribution in [0.5, 0.6) is 0 Å². The molecule has 10 heteroatoms. The molecule has 0 fully saturated rings. The maximum Gasteiger partial charge on any atom is 0.356 e. The molecule has 0 aliphatic rings. The lowest BCUT2D eigenvalue weighted by Gasteiger charge is -2.11. The zero-order valence-corrected chi connectivity index (χ0v) is 10.2. The molecule has 0 amide bonds. The lowest BCUT2D eigenvalue weighted by atomic mass is 10.3. The van der Waals surface area contributed by atoms with Crippen molar-refractivity contribution in [2.45, 2.75) is 12.5 Å². The predicted molar refractivity (Wildman–Crippen MR) is 62.7 cm³/mol. The monoisotopic (exact) mass is 291 g/mol. The number of methoxy groups -OCH3 is 1. The zero-order chi connectivity index (χ0) is 15.3. The molecule has 0 saturated heterocycles. The number of nitrogens with zero attached hydrogens (tertiary/aromatic N) is 2. The Kier molecular flexibility index (Phi) is 5.26. The van der Waals surface area contributed by atoms with Gasteiger partial charge in [0, 0.05) is 12.6 Å². The molecular weight excluding hydrogens is 280 g/mol. The molecule has 1 atom stereocenters. The van der Waals surface area contributed by atoms with Gasteiger partial charge in [0.05, 0.1) is 12.0 Å². The number of anilines is 1. The normalized spacial score (nSPS) is 12.1. The third-order valence-corrected chi connectivity index (χ3v) is 2.23. The number of ether oxygens (including phenoxy) is 1. The lowest BCUT2D eigenvalue weighted by Crippen LogP contribution is -2.27. The predicted octanol–water partition coefficient (Wildman–Crippen LogP) is 0.814. The number of carbonyl (C=O) groups is 1. The maximum absolute atomic E-state index is 12.1. The summed E-state index contributed by atoms with van der Waals surface area (Å²) in [4.78, 5) is 24.8. The van der Waals surface area contributed by atoms with Crippen LogP contribution in [0.4, 0.5) is 20.3 Å². The Morgan fingerprint density at radius 1 is 1.60 bits per heavy atom. The van der Waals surface area contributed by atoms with Crippen molar-refractivity contribution in [3.05, 3.63) is 27.9 Å². The van der Waals surface area contributed by atoms with E-state index in [-0.39, 0.29) is 5.69 Å². The number of hydrogen-bond donors (Lipinski definition) is 2. The molecule has 110 valence electrons. The molecule has 20 heavy (non-hydrogen) atoms. The van der Waals surface area contributed by atoms with Gasteiger partial charge >= 0.3 is 11.7 Å². The summed E-state index contributed by atoms with van der Waals surface area (Å²) >= 11 is 0. The molecule has 0 radical (unpaired) electrons. The molecule has 1 unspecified atom stereocenters. The van der Waals surface area contributed by atoms with Gasteiger partial charge in [-0.2, -0.15) is 0 Å². The van der Waals surface area contributed by atoms with Gasteiger partial charge in [0.15, 0.2) is 5.69 Å². The SMILES string of the molecule is COC(=O)c1ccc([N+](=O)[O-])c(NCC(O)C(F)F)n1. The van der Waals surface area contributed by atoms with E-state index in [9.17, 15) is 23.7 Å². The van der Waals surface area contributed by atoms with E-state index < -0.39 is 41.5 Å². The first-order valence-corrected chi connectivity index (χ1v) is 5.30. The van der Waals surface area contributed by atoms with E-state index in [1.165, 1.54) is 0 Å². The van der Waals surface area contributed by atoms with Gasteiger partial charge in [-0.3, -0.25) is 10.1 Å². The minimum atomic E-state index is -3.01. The van der Waals surface area contributed by atoms with Crippen LogP contribution in [0.25, 0.3) is 0 Å². The first kappa shape index (κ1) is 15.7. The van der Waals surface area contributed by atoms with Crippen molar-refractivity contribution < 1.29 is 28.3 Å². The van der Waals surface area contributed by atoms with Crippen LogP contribution in [0.15, 0.2) is 12.1 Å². The number of pyridine rings is 1. The highest BCUT2D eigenvalue weighted by molar-refractivity contribution is 5.88. The van der Waals surface area contributed by atoms with E-state index >= 15 is 0 Å². The second-order valence-electron chi connectivity index (χ2n) is 3.60. The third-order valence-electron chi connectivity index (χ3n) is 2.23. The Balaban J connectivity index is 3.00. The second kappa shape index (κ2) is 6.70. The topological polar surface area (TPSA) is 115 Å². The summed E-state index contributed by atoms with van der Waals surface area (Å²) in [6.45, 7) is -0.657. The number of hydrogen-bond acceptors (Lipinski definition) is 7. The Labute approximate surface area is 111 Å². The van der Waals surface area contributed by atoms with Gasteiger partial charge in [-0.25, -0.2) is 18.6 Å². The highest BCUT2D eigenvalue weighted by atomic mass is 19.3. The van der Waals surface area contributed by atoms with Gasteiger partial charge in [0.25, 0.3) is 6.43 Å². The van der Waals surface area contributed by atoms with E-state index in [1.807, 2.05) is 0 Å². The van der Waals surface area contributed by atoms with E-state index in [2.05, 4.69) is 15.0 Å². The van der Waals surface area contributed by atoms with Crippen molar-refractivity contribution in [2.24, 2.45) is 0 Å². The molecule has 1 aromatic heterocycles. The largest absolute Gasteiger partial charge is 0.464 e. The Morgan fingerprint density at radius 3 is 2.75 bits per heavy atom. The van der Waals surface area contributed by atoms with Crippen LogP contribution < -0.4 is 5.32 Å². The summed E-state index contributed by atoms with van der Waals surface area (Å²) in [5, 5.41) is 21.9. The molecule has 1 heterocycles. The van der Waals surface area contributed by atoms with E-state index in [4.69, 9.17) is 5.11 Å². The molecule has 0 aliphatic carbocycles. The van der Waals surface area contributed by atoms with Crippen molar-refractivity contribution in [1.29, 1.82) is 0 Å². The van der Waals surface area contributed by atoms with Crippen LogP contribution in [0.2, 0.25) is 0 Å². The summed E-state index contributed by atoms with van der Waals surface area (Å²) in [5.74, 6) is -1.24. The number of halogens is 2. The fourth-order valence-electron chi connectivity index (χ4n) is 1.24. The minimum Gasteiger partial charge on any atom is -0.464 e. The summed E-state index contributed by atoms with van der Waals surface area (Å²) in [5.41, 5.74) is -0.744. The molecule has 0 saturated carbocycles. The van der Waals surface area contributed by atoms with Crippen molar-refractivity contribution in [1.82, 2.24) is 4.98 Å². The van der Waals surface area contributed by atoms with Gasteiger partial charge in [0.1, 0.15) is 6.10 Å². The average Bonchev–Trinajstić information content (AvgIpc) is 2.43. The number of aromatic nitrogens is 1. The highest BCUT2D eigenvalue weighted by Gasteiger charge is 2.22. The number of nitro groups is 1. The number of rotatable bonds is 6. The third kappa shape index (κ3) is 3.82. The molecule has 2 N–H and O–H groups in total. The van der Waals surface area contributed by atoms with Gasteiger partial charge in [-0.15, -0.1) is 0 Å². The molecule has 8 nitrogen and oxygen atoms in total. The van der Waals surface area contributed by atoms with Crippen LogP contribution >= 0.6 is 0 Å². The number of aliphatic hydroxyl groups is 1. The fourth-order valence-corrected chi connectivity index (χ4v) is 1.24. The van der Waals surface area contributed by atoms with Gasteiger partial charge in [-0.1, -0.05) is 0 Å². The maximum atomic E-state index is 12.1. The van der Waals surface area contributed by atoms with Crippen LogP contribution in [-0.4, -0.2) is 47.2 Å². The average molecular weight is 291 g/mol. The van der Waals surface area contributed by atoms with E-state index in [0.29, 0.717) is 0 Å². The van der Waals surface area contributed by atoms with Crippen molar-refractivity contribution in [2.75, 3.05) is 19.0 Å². The summed E-state index contributed by atoms with van der Waals surface area (Å²) in [7, 11) is 1.10. The smallest absolute Gasteiger partial charge is 0.356 e.